The predicted octanol–water partition coefficient (Wildman–Crippen LogP) is 4.66. The van der Waals surface area contributed by atoms with Gasteiger partial charge in [0.25, 0.3) is 0 Å². The summed E-state index contributed by atoms with van der Waals surface area (Å²) < 4.78 is 61.3. The molecule has 2 atom stereocenters. The average molecular weight is 556 g/mol. The first-order valence-corrected chi connectivity index (χ1v) is 14.5. The summed E-state index contributed by atoms with van der Waals surface area (Å²) in [6, 6.07) is 8.49. The van der Waals surface area contributed by atoms with E-state index in [1.165, 1.54) is 21.5 Å². The molecular weight excluding hydrogens is 528 g/mol. The lowest BCUT2D eigenvalue weighted by Gasteiger charge is -2.27. The molecule has 2 aromatic carbocycles. The first-order valence-electron chi connectivity index (χ1n) is 12.7. The van der Waals surface area contributed by atoms with E-state index in [-0.39, 0.29) is 30.6 Å². The van der Waals surface area contributed by atoms with E-state index in [0.29, 0.717) is 36.5 Å². The number of aromatic nitrogens is 3. The van der Waals surface area contributed by atoms with Crippen molar-refractivity contribution in [2.45, 2.75) is 45.2 Å². The van der Waals surface area contributed by atoms with Crippen LogP contribution in [0.1, 0.15) is 48.6 Å². The van der Waals surface area contributed by atoms with Crippen LogP contribution in [0.4, 0.5) is 14.5 Å². The van der Waals surface area contributed by atoms with E-state index in [1.54, 1.807) is 0 Å². The van der Waals surface area contributed by atoms with Gasteiger partial charge < -0.3 is 14.0 Å². The zero-order valence-corrected chi connectivity index (χ0v) is 22.5. The summed E-state index contributed by atoms with van der Waals surface area (Å²) in [6.07, 6.45) is 2.42. The Bertz CT molecular complexity index is 1710. The molecule has 1 amide bonds. The van der Waals surface area contributed by atoms with Crippen molar-refractivity contribution in [1.82, 2.24) is 19.0 Å². The maximum atomic E-state index is 14.2. The summed E-state index contributed by atoms with van der Waals surface area (Å²) in [5.41, 5.74) is 4.21. The fourth-order valence-electron chi connectivity index (χ4n) is 5.90. The summed E-state index contributed by atoms with van der Waals surface area (Å²) in [7, 11) is -3.39. The monoisotopic (exact) mass is 555 g/mol. The Morgan fingerprint density at radius 2 is 1.85 bits per heavy atom. The number of aryl methyl sites for hydroxylation is 2. The SMILES string of the molecule is Cc1noc(C)c1-c1ccc2c(c1)nc([C@@H]1CCC(=O)N1c1ccc(F)c(F)c1)n2[C@@H]1CCN(S(C)(=O)=O)C1. The molecule has 204 valence electrons. The molecule has 6 rings (SSSR count). The summed E-state index contributed by atoms with van der Waals surface area (Å²) in [6.45, 7) is 4.35. The Hall–Kier alpha value is -3.64. The number of benzene rings is 2. The van der Waals surface area contributed by atoms with Crippen LogP contribution in [-0.4, -0.2) is 52.7 Å². The van der Waals surface area contributed by atoms with Gasteiger partial charge in [0.15, 0.2) is 11.6 Å². The van der Waals surface area contributed by atoms with E-state index >= 15 is 0 Å². The van der Waals surface area contributed by atoms with E-state index in [0.717, 1.165) is 34.5 Å². The number of carbonyl (C=O) groups excluding carboxylic acids is 1. The molecule has 9 nitrogen and oxygen atoms in total. The number of sulfonamides is 1. The van der Waals surface area contributed by atoms with Gasteiger partial charge in [-0.1, -0.05) is 11.2 Å². The lowest BCUT2D eigenvalue weighted by atomic mass is 10.0. The quantitative estimate of drug-likeness (QED) is 0.355. The molecule has 2 aliphatic heterocycles. The molecule has 4 aromatic rings. The van der Waals surface area contributed by atoms with Crippen LogP contribution in [0.2, 0.25) is 0 Å². The second kappa shape index (κ2) is 9.23. The zero-order valence-electron chi connectivity index (χ0n) is 21.7. The van der Waals surface area contributed by atoms with E-state index in [4.69, 9.17) is 9.51 Å². The van der Waals surface area contributed by atoms with Gasteiger partial charge in [0.05, 0.1) is 35.1 Å². The van der Waals surface area contributed by atoms with E-state index in [2.05, 4.69) is 5.16 Å². The lowest BCUT2D eigenvalue weighted by molar-refractivity contribution is -0.117. The van der Waals surface area contributed by atoms with E-state index in [9.17, 15) is 22.0 Å². The molecule has 0 unspecified atom stereocenters. The topological polar surface area (TPSA) is 102 Å². The van der Waals surface area contributed by atoms with Crippen molar-refractivity contribution in [2.24, 2.45) is 0 Å². The Morgan fingerprint density at radius 3 is 2.51 bits per heavy atom. The molecule has 39 heavy (non-hydrogen) atoms. The summed E-state index contributed by atoms with van der Waals surface area (Å²) in [4.78, 5) is 19.5. The standard InChI is InChI=1S/C27H27F2N5O4S/c1-15-26(16(2)38-31-15)17-4-7-23-22(12-17)30-27(34(23)19-10-11-32(14-19)39(3,36)37)24-8-9-25(35)33(24)18-5-6-20(28)21(29)13-18/h4-7,12-13,19,24H,8-11,14H2,1-3H3/t19-,24+/m1/s1. The third-order valence-electron chi connectivity index (χ3n) is 7.69. The molecule has 2 aliphatic rings. The Morgan fingerprint density at radius 1 is 1.05 bits per heavy atom. The molecule has 0 N–H and O–H groups in total. The van der Waals surface area contributed by atoms with Gasteiger partial charge in [0.1, 0.15) is 11.6 Å². The second-order valence-corrected chi connectivity index (χ2v) is 12.2. The normalized spacial score (nSPS) is 20.5. The van der Waals surface area contributed by atoms with Crippen LogP contribution in [0.3, 0.4) is 0 Å². The van der Waals surface area contributed by atoms with Crippen molar-refractivity contribution in [1.29, 1.82) is 0 Å². The first-order chi connectivity index (χ1) is 18.5. The predicted molar refractivity (Wildman–Crippen MR) is 141 cm³/mol. The largest absolute Gasteiger partial charge is 0.361 e. The van der Waals surface area contributed by atoms with Crippen LogP contribution in [0, 0.1) is 25.5 Å². The van der Waals surface area contributed by atoms with Gasteiger partial charge in [-0.3, -0.25) is 4.79 Å². The van der Waals surface area contributed by atoms with Crippen LogP contribution in [-0.2, 0) is 14.8 Å². The van der Waals surface area contributed by atoms with Crippen LogP contribution >= 0.6 is 0 Å². The fraction of sp³-hybridized carbons (Fsp3) is 0.370. The molecule has 0 aliphatic carbocycles. The maximum Gasteiger partial charge on any atom is 0.227 e. The van der Waals surface area contributed by atoms with Crippen LogP contribution < -0.4 is 4.90 Å². The number of carbonyl (C=O) groups is 1. The molecular formula is C27H27F2N5O4S. The Balaban J connectivity index is 1.51. The maximum absolute atomic E-state index is 14.2. The summed E-state index contributed by atoms with van der Waals surface area (Å²) >= 11 is 0. The van der Waals surface area contributed by atoms with Gasteiger partial charge in [0, 0.05) is 36.8 Å². The van der Waals surface area contributed by atoms with Crippen molar-refractivity contribution in [2.75, 3.05) is 24.2 Å². The van der Waals surface area contributed by atoms with Crippen molar-refractivity contribution in [3.05, 3.63) is 65.3 Å². The number of fused-ring (bicyclic) bond motifs is 1. The molecule has 0 bridgehead atoms. The van der Waals surface area contributed by atoms with Crippen molar-refractivity contribution in [3.63, 3.8) is 0 Å². The van der Waals surface area contributed by atoms with Gasteiger partial charge in [0.2, 0.25) is 15.9 Å². The van der Waals surface area contributed by atoms with E-state index in [1.807, 2.05) is 36.6 Å². The minimum atomic E-state index is -3.39. The number of amides is 1. The zero-order chi connectivity index (χ0) is 27.6. The third kappa shape index (κ3) is 4.31. The molecule has 2 aromatic heterocycles. The van der Waals surface area contributed by atoms with Gasteiger partial charge >= 0.3 is 0 Å². The molecule has 4 heterocycles. The molecule has 2 fully saturated rings. The molecule has 12 heteroatoms. The number of imidazole rings is 1. The summed E-state index contributed by atoms with van der Waals surface area (Å²) in [5.74, 6) is -0.991. The number of rotatable bonds is 5. The fourth-order valence-corrected chi connectivity index (χ4v) is 6.78. The number of hydrogen-bond donors (Lipinski definition) is 0. The van der Waals surface area contributed by atoms with Gasteiger partial charge in [-0.05, 0) is 56.5 Å². The lowest BCUT2D eigenvalue weighted by Crippen LogP contribution is -2.31. The van der Waals surface area contributed by atoms with Crippen molar-refractivity contribution >= 4 is 32.7 Å². The summed E-state index contributed by atoms with van der Waals surface area (Å²) in [5, 5.41) is 4.05. The van der Waals surface area contributed by atoms with Crippen LogP contribution in [0.5, 0.6) is 0 Å². The molecule has 0 radical (unpaired) electrons. The number of nitrogens with zero attached hydrogens (tertiary/aromatic N) is 5. The smallest absolute Gasteiger partial charge is 0.227 e. The Labute approximate surface area is 224 Å². The van der Waals surface area contributed by atoms with Crippen LogP contribution in [0.25, 0.3) is 22.2 Å². The average Bonchev–Trinajstić information content (AvgIpc) is 3.65. The molecule has 0 saturated carbocycles. The van der Waals surface area contributed by atoms with Crippen LogP contribution in [0.15, 0.2) is 40.9 Å². The Kier molecular flexibility index (Phi) is 6.07. The number of anilines is 1. The minimum Gasteiger partial charge on any atom is -0.361 e. The van der Waals surface area contributed by atoms with Gasteiger partial charge in [-0.15, -0.1) is 0 Å². The van der Waals surface area contributed by atoms with Gasteiger partial charge in [-0.2, -0.15) is 0 Å². The highest BCUT2D eigenvalue weighted by molar-refractivity contribution is 7.88. The number of halogens is 2. The third-order valence-corrected chi connectivity index (χ3v) is 8.96. The van der Waals surface area contributed by atoms with Gasteiger partial charge in [-0.25, -0.2) is 26.5 Å². The molecule has 0 spiro atoms. The highest BCUT2D eigenvalue weighted by Crippen LogP contribution is 2.41. The van der Waals surface area contributed by atoms with Crippen molar-refractivity contribution < 1.29 is 26.5 Å². The van der Waals surface area contributed by atoms with Crippen molar-refractivity contribution in [3.8, 4) is 11.1 Å². The molecule has 2 saturated heterocycles. The van der Waals surface area contributed by atoms with E-state index < -0.39 is 27.7 Å². The highest BCUT2D eigenvalue weighted by Gasteiger charge is 2.40. The second-order valence-electron chi connectivity index (χ2n) is 10.2. The highest BCUT2D eigenvalue weighted by atomic mass is 32.2. The minimum absolute atomic E-state index is 0.216. The number of hydrogen-bond acceptors (Lipinski definition) is 6. The first kappa shape index (κ1) is 25.6.